The summed E-state index contributed by atoms with van der Waals surface area (Å²) >= 11 is 1.51. The van der Waals surface area contributed by atoms with Crippen LogP contribution < -0.4 is 5.32 Å². The van der Waals surface area contributed by atoms with E-state index in [4.69, 9.17) is 0 Å². The first-order valence-corrected chi connectivity index (χ1v) is 12.9. The van der Waals surface area contributed by atoms with Crippen molar-refractivity contribution in [3.8, 4) is 0 Å². The lowest BCUT2D eigenvalue weighted by Crippen LogP contribution is -2.47. The molecule has 34 heavy (non-hydrogen) atoms. The fourth-order valence-corrected chi connectivity index (χ4v) is 6.31. The summed E-state index contributed by atoms with van der Waals surface area (Å²) in [6.45, 7) is 2.79. The molecule has 2 saturated heterocycles. The number of hydrogen-bond acceptors (Lipinski definition) is 4. The average Bonchev–Trinajstić information content (AvgIpc) is 3.64. The Morgan fingerprint density at radius 1 is 0.912 bits per heavy atom. The first kappa shape index (κ1) is 22.8. The minimum atomic E-state index is -0.415. The summed E-state index contributed by atoms with van der Waals surface area (Å²) in [5.41, 5.74) is 2.48. The van der Waals surface area contributed by atoms with Gasteiger partial charge in [0.25, 0.3) is 5.91 Å². The fraction of sp³-hybridized carbons (Fsp3) is 0.357. The van der Waals surface area contributed by atoms with Crippen molar-refractivity contribution in [2.45, 2.75) is 37.3 Å². The van der Waals surface area contributed by atoms with E-state index in [1.165, 1.54) is 22.5 Å². The number of amides is 2. The molecule has 5 rings (SSSR count). The Hall–Kier alpha value is -2.96. The van der Waals surface area contributed by atoms with E-state index in [0.717, 1.165) is 30.9 Å². The number of likely N-dealkylation sites (tertiary alicyclic amines) is 2. The maximum Gasteiger partial charge on any atom is 0.264 e. The van der Waals surface area contributed by atoms with Crippen LogP contribution in [0.15, 0.2) is 72.8 Å². The Bertz CT molecular complexity index is 1130. The molecule has 3 unspecified atom stereocenters. The first-order valence-electron chi connectivity index (χ1n) is 12.1. The molecule has 3 heterocycles. The minimum absolute atomic E-state index is 0.0251. The summed E-state index contributed by atoms with van der Waals surface area (Å²) in [6, 6.07) is 24.2. The van der Waals surface area contributed by atoms with E-state index in [-0.39, 0.29) is 17.7 Å². The molecule has 2 aliphatic heterocycles. The number of rotatable bonds is 6. The molecule has 2 aliphatic rings. The van der Waals surface area contributed by atoms with Gasteiger partial charge in [-0.05, 0) is 43.1 Å². The molecule has 0 aliphatic carbocycles. The third-order valence-corrected chi connectivity index (χ3v) is 8.19. The van der Waals surface area contributed by atoms with Gasteiger partial charge in [-0.25, -0.2) is 0 Å². The largest absolute Gasteiger partial charge is 0.340 e. The van der Waals surface area contributed by atoms with E-state index in [0.29, 0.717) is 23.8 Å². The summed E-state index contributed by atoms with van der Waals surface area (Å²) < 4.78 is 0. The van der Waals surface area contributed by atoms with Gasteiger partial charge in [-0.2, -0.15) is 0 Å². The van der Waals surface area contributed by atoms with E-state index in [1.807, 2.05) is 53.2 Å². The van der Waals surface area contributed by atoms with Gasteiger partial charge in [-0.3, -0.25) is 9.59 Å². The standard InChI is InChI=1S/C28H31N3O2S/c1-29-17-24-12-13-26(34-24)28(33)31-19-23(21-10-6-3-7-11-21)16-25(31)27(32)30-15-14-22(18-30)20-8-4-2-5-9-20/h2-13,22-23,25,29H,14-19H2,1H3. The molecule has 176 valence electrons. The zero-order valence-corrected chi connectivity index (χ0v) is 20.3. The Labute approximate surface area is 205 Å². The van der Waals surface area contributed by atoms with E-state index < -0.39 is 6.04 Å². The maximum absolute atomic E-state index is 13.8. The second-order valence-electron chi connectivity index (χ2n) is 9.29. The first-order chi connectivity index (χ1) is 16.6. The van der Waals surface area contributed by atoms with Gasteiger partial charge < -0.3 is 15.1 Å². The lowest BCUT2D eigenvalue weighted by atomic mass is 9.96. The number of carbonyl (C=O) groups excluding carboxylic acids is 2. The van der Waals surface area contributed by atoms with Crippen molar-refractivity contribution in [1.29, 1.82) is 0 Å². The van der Waals surface area contributed by atoms with Gasteiger partial charge in [0.2, 0.25) is 5.91 Å². The zero-order valence-electron chi connectivity index (χ0n) is 19.5. The lowest BCUT2D eigenvalue weighted by molar-refractivity contribution is -0.134. The molecule has 3 aromatic rings. The van der Waals surface area contributed by atoms with Crippen molar-refractivity contribution in [2.75, 3.05) is 26.7 Å². The predicted molar refractivity (Wildman–Crippen MR) is 136 cm³/mol. The Morgan fingerprint density at radius 2 is 1.59 bits per heavy atom. The van der Waals surface area contributed by atoms with Gasteiger partial charge in [0.15, 0.2) is 0 Å². The molecule has 0 spiro atoms. The molecule has 6 heteroatoms. The number of benzene rings is 2. The quantitative estimate of drug-likeness (QED) is 0.574. The topological polar surface area (TPSA) is 52.7 Å². The third-order valence-electron chi connectivity index (χ3n) is 7.11. The molecule has 0 radical (unpaired) electrons. The van der Waals surface area contributed by atoms with Gasteiger partial charge in [0, 0.05) is 42.9 Å². The van der Waals surface area contributed by atoms with Crippen molar-refractivity contribution in [1.82, 2.24) is 15.1 Å². The Balaban J connectivity index is 1.37. The van der Waals surface area contributed by atoms with Crippen molar-refractivity contribution in [3.05, 3.63) is 93.7 Å². The van der Waals surface area contributed by atoms with E-state index >= 15 is 0 Å². The monoisotopic (exact) mass is 473 g/mol. The van der Waals surface area contributed by atoms with Crippen LogP contribution in [0.4, 0.5) is 0 Å². The molecule has 2 fully saturated rings. The molecule has 2 aromatic carbocycles. The predicted octanol–water partition coefficient (Wildman–Crippen LogP) is 4.48. The fourth-order valence-electron chi connectivity index (χ4n) is 5.33. The van der Waals surface area contributed by atoms with Crippen LogP contribution in [-0.4, -0.2) is 54.3 Å². The molecule has 2 amide bonds. The molecule has 5 nitrogen and oxygen atoms in total. The molecule has 0 bridgehead atoms. The summed E-state index contributed by atoms with van der Waals surface area (Å²) in [7, 11) is 1.90. The normalized spacial score (nSPS) is 22.3. The van der Waals surface area contributed by atoms with Crippen LogP contribution >= 0.6 is 11.3 Å². The van der Waals surface area contributed by atoms with Gasteiger partial charge in [0.1, 0.15) is 6.04 Å². The van der Waals surface area contributed by atoms with Crippen molar-refractivity contribution in [2.24, 2.45) is 0 Å². The molecular formula is C28H31N3O2S. The second-order valence-corrected chi connectivity index (χ2v) is 10.5. The smallest absolute Gasteiger partial charge is 0.264 e. The summed E-state index contributed by atoms with van der Waals surface area (Å²) in [6.07, 6.45) is 1.65. The Kier molecular flexibility index (Phi) is 6.79. The summed E-state index contributed by atoms with van der Waals surface area (Å²) in [4.78, 5) is 33.0. The molecule has 1 N–H and O–H groups in total. The molecule has 0 saturated carbocycles. The summed E-state index contributed by atoms with van der Waals surface area (Å²) in [5, 5.41) is 3.14. The number of nitrogens with zero attached hydrogens (tertiary/aromatic N) is 2. The highest BCUT2D eigenvalue weighted by molar-refractivity contribution is 7.14. The molecular weight excluding hydrogens is 442 g/mol. The molecule has 3 atom stereocenters. The average molecular weight is 474 g/mol. The van der Waals surface area contributed by atoms with Gasteiger partial charge >= 0.3 is 0 Å². The highest BCUT2D eigenvalue weighted by atomic mass is 32.1. The van der Waals surface area contributed by atoms with Crippen molar-refractivity contribution < 1.29 is 9.59 Å². The number of carbonyl (C=O) groups is 2. The SMILES string of the molecule is CNCc1ccc(C(=O)N2CC(c3ccccc3)CC2C(=O)N2CCC(c3ccccc3)C2)s1. The summed E-state index contributed by atoms with van der Waals surface area (Å²) in [5.74, 6) is 0.602. The van der Waals surface area contributed by atoms with Crippen molar-refractivity contribution >= 4 is 23.2 Å². The third kappa shape index (κ3) is 4.65. The lowest BCUT2D eigenvalue weighted by Gasteiger charge is -2.27. The highest BCUT2D eigenvalue weighted by Crippen LogP contribution is 2.36. The van der Waals surface area contributed by atoms with Crippen molar-refractivity contribution in [3.63, 3.8) is 0 Å². The minimum Gasteiger partial charge on any atom is -0.340 e. The van der Waals surface area contributed by atoms with Crippen LogP contribution in [0.5, 0.6) is 0 Å². The van der Waals surface area contributed by atoms with Crippen LogP contribution in [0.2, 0.25) is 0 Å². The van der Waals surface area contributed by atoms with Crippen LogP contribution in [0.25, 0.3) is 0 Å². The van der Waals surface area contributed by atoms with Gasteiger partial charge in [0.05, 0.1) is 4.88 Å². The van der Waals surface area contributed by atoms with Gasteiger partial charge in [-0.1, -0.05) is 60.7 Å². The maximum atomic E-state index is 13.8. The van der Waals surface area contributed by atoms with E-state index in [2.05, 4.69) is 41.7 Å². The highest BCUT2D eigenvalue weighted by Gasteiger charge is 2.43. The van der Waals surface area contributed by atoms with E-state index in [9.17, 15) is 9.59 Å². The zero-order chi connectivity index (χ0) is 23.5. The Morgan fingerprint density at radius 3 is 2.26 bits per heavy atom. The molecule has 1 aromatic heterocycles. The second kappa shape index (κ2) is 10.1. The van der Waals surface area contributed by atoms with Crippen LogP contribution in [0, 0.1) is 0 Å². The van der Waals surface area contributed by atoms with Crippen LogP contribution in [0.1, 0.15) is 50.4 Å². The number of hydrogen-bond donors (Lipinski definition) is 1. The van der Waals surface area contributed by atoms with Crippen LogP contribution in [-0.2, 0) is 11.3 Å². The number of nitrogens with one attached hydrogen (secondary N) is 1. The van der Waals surface area contributed by atoms with E-state index in [1.54, 1.807) is 0 Å². The van der Waals surface area contributed by atoms with Gasteiger partial charge in [-0.15, -0.1) is 11.3 Å². The van der Waals surface area contributed by atoms with Crippen LogP contribution in [0.3, 0.4) is 0 Å². The number of thiophene rings is 1.